The number of nitriles is 1. The third-order valence-electron chi connectivity index (χ3n) is 0.666. The van der Waals surface area contributed by atoms with E-state index in [2.05, 4.69) is 9.97 Å². The van der Waals surface area contributed by atoms with Gasteiger partial charge < -0.3 is 0 Å². The molecule has 0 atom stereocenters. The van der Waals surface area contributed by atoms with Crippen LogP contribution in [0.3, 0.4) is 0 Å². The molecule has 0 unspecified atom stereocenters. The van der Waals surface area contributed by atoms with Crippen molar-refractivity contribution in [3.8, 4) is 6.07 Å². The van der Waals surface area contributed by atoms with Gasteiger partial charge in [-0.25, -0.2) is 9.97 Å². The standard InChI is InChI=1S/C5H3N3.ClH/c6-4-5-7-2-1-3-8-5;/h1-3H;1H. The Morgan fingerprint density at radius 2 is 1.89 bits per heavy atom. The van der Waals surface area contributed by atoms with Crippen molar-refractivity contribution in [2.75, 3.05) is 0 Å². The van der Waals surface area contributed by atoms with Crippen LogP contribution in [0.5, 0.6) is 0 Å². The van der Waals surface area contributed by atoms with Crippen LogP contribution in [0.15, 0.2) is 18.5 Å². The summed E-state index contributed by atoms with van der Waals surface area (Å²) in [5, 5.41) is 8.16. The molecule has 0 bridgehead atoms. The molecule has 4 heteroatoms. The van der Waals surface area contributed by atoms with Crippen LogP contribution < -0.4 is 0 Å². The second-order valence-corrected chi connectivity index (χ2v) is 1.18. The fourth-order valence-corrected chi connectivity index (χ4v) is 0.357. The minimum Gasteiger partial charge on any atom is -0.228 e. The van der Waals surface area contributed by atoms with Gasteiger partial charge in [-0.1, -0.05) is 0 Å². The molecule has 0 saturated heterocycles. The third kappa shape index (κ3) is 2.06. The highest BCUT2D eigenvalue weighted by atomic mass is 35.5. The average molecular weight is 142 g/mol. The lowest BCUT2D eigenvalue weighted by Gasteiger charge is -1.78. The number of rotatable bonds is 0. The minimum atomic E-state index is 0. The highest BCUT2D eigenvalue weighted by molar-refractivity contribution is 5.85. The molecule has 1 rings (SSSR count). The summed E-state index contributed by atoms with van der Waals surface area (Å²) in [6.45, 7) is 0. The predicted molar refractivity (Wildman–Crippen MR) is 34.0 cm³/mol. The Kier molecular flexibility index (Phi) is 3.33. The van der Waals surface area contributed by atoms with Gasteiger partial charge in [0.05, 0.1) is 0 Å². The maximum absolute atomic E-state index is 8.16. The molecule has 0 amide bonds. The molecule has 0 saturated carbocycles. The highest BCUT2D eigenvalue weighted by Crippen LogP contribution is 1.79. The zero-order valence-corrected chi connectivity index (χ0v) is 5.30. The summed E-state index contributed by atoms with van der Waals surface area (Å²) in [5.74, 6) is 0.215. The highest BCUT2D eigenvalue weighted by Gasteiger charge is 1.83. The van der Waals surface area contributed by atoms with Crippen LogP contribution in [0.4, 0.5) is 0 Å². The summed E-state index contributed by atoms with van der Waals surface area (Å²) < 4.78 is 0. The van der Waals surface area contributed by atoms with E-state index in [9.17, 15) is 0 Å². The van der Waals surface area contributed by atoms with E-state index in [1.165, 1.54) is 12.4 Å². The van der Waals surface area contributed by atoms with Crippen LogP contribution in [0.1, 0.15) is 5.82 Å². The maximum atomic E-state index is 8.16. The van der Waals surface area contributed by atoms with Crippen molar-refractivity contribution in [3.63, 3.8) is 0 Å². The van der Waals surface area contributed by atoms with Crippen LogP contribution >= 0.6 is 12.4 Å². The summed E-state index contributed by atoms with van der Waals surface area (Å²) in [5.41, 5.74) is 0. The van der Waals surface area contributed by atoms with Gasteiger partial charge in [0.1, 0.15) is 6.07 Å². The molecule has 0 spiro atoms. The van der Waals surface area contributed by atoms with Crippen LogP contribution in [0.25, 0.3) is 0 Å². The van der Waals surface area contributed by atoms with E-state index >= 15 is 0 Å². The summed E-state index contributed by atoms with van der Waals surface area (Å²) >= 11 is 0. The Labute approximate surface area is 58.8 Å². The van der Waals surface area contributed by atoms with Gasteiger partial charge in [-0.15, -0.1) is 12.4 Å². The summed E-state index contributed by atoms with van der Waals surface area (Å²) in [6.07, 6.45) is 3.07. The molecule has 0 N–H and O–H groups in total. The lowest BCUT2D eigenvalue weighted by atomic mass is 10.6. The summed E-state index contributed by atoms with van der Waals surface area (Å²) in [4.78, 5) is 7.25. The molecule has 0 fully saturated rings. The van der Waals surface area contributed by atoms with Crippen molar-refractivity contribution in [1.82, 2.24) is 9.97 Å². The van der Waals surface area contributed by atoms with Crippen molar-refractivity contribution < 1.29 is 0 Å². The second kappa shape index (κ2) is 3.81. The molecule has 1 aromatic heterocycles. The monoisotopic (exact) mass is 141 g/mol. The Bertz CT molecular complexity index is 203. The zero-order chi connectivity index (χ0) is 5.82. The van der Waals surface area contributed by atoms with Crippen LogP contribution in [-0.2, 0) is 0 Å². The first kappa shape index (κ1) is 7.86. The molecule has 0 aliphatic rings. The fraction of sp³-hybridized carbons (Fsp3) is 0. The normalized spacial score (nSPS) is 7.00. The van der Waals surface area contributed by atoms with Crippen molar-refractivity contribution in [2.45, 2.75) is 0 Å². The van der Waals surface area contributed by atoms with E-state index in [4.69, 9.17) is 5.26 Å². The minimum absolute atomic E-state index is 0. The van der Waals surface area contributed by atoms with Crippen LogP contribution in [0, 0.1) is 11.3 Å². The molecule has 1 heterocycles. The molecule has 0 aliphatic heterocycles. The Hall–Kier alpha value is -1.14. The number of hydrogen-bond donors (Lipinski definition) is 0. The number of halogens is 1. The molecule has 0 radical (unpaired) electrons. The Morgan fingerprint density at radius 3 is 2.22 bits per heavy atom. The Balaban J connectivity index is 0.000000640. The van der Waals surface area contributed by atoms with Crippen LogP contribution in [0.2, 0.25) is 0 Å². The van der Waals surface area contributed by atoms with E-state index in [1.807, 2.05) is 0 Å². The Morgan fingerprint density at radius 1 is 1.33 bits per heavy atom. The molecule has 9 heavy (non-hydrogen) atoms. The average Bonchev–Trinajstić information content (AvgIpc) is 1.90. The number of aromatic nitrogens is 2. The molecular formula is C5H4ClN3. The second-order valence-electron chi connectivity index (χ2n) is 1.18. The molecular weight excluding hydrogens is 138 g/mol. The SMILES string of the molecule is Cl.N#Cc1ncccn1. The van der Waals surface area contributed by atoms with Gasteiger partial charge in [0.25, 0.3) is 0 Å². The zero-order valence-electron chi connectivity index (χ0n) is 4.48. The van der Waals surface area contributed by atoms with E-state index < -0.39 is 0 Å². The van der Waals surface area contributed by atoms with E-state index in [1.54, 1.807) is 12.1 Å². The fourth-order valence-electron chi connectivity index (χ4n) is 0.357. The van der Waals surface area contributed by atoms with E-state index in [0.717, 1.165) is 0 Å². The first-order valence-electron chi connectivity index (χ1n) is 2.10. The quantitative estimate of drug-likeness (QED) is 0.536. The topological polar surface area (TPSA) is 49.6 Å². The first-order chi connectivity index (χ1) is 3.93. The van der Waals surface area contributed by atoms with Gasteiger partial charge in [-0.2, -0.15) is 5.26 Å². The van der Waals surface area contributed by atoms with E-state index in [0.29, 0.717) is 0 Å². The molecule has 1 aromatic rings. The summed E-state index contributed by atoms with van der Waals surface area (Å²) in [7, 11) is 0. The largest absolute Gasteiger partial charge is 0.232 e. The summed E-state index contributed by atoms with van der Waals surface area (Å²) in [6, 6.07) is 3.47. The van der Waals surface area contributed by atoms with Gasteiger partial charge in [0.15, 0.2) is 0 Å². The molecule has 46 valence electrons. The van der Waals surface area contributed by atoms with Gasteiger partial charge in [0.2, 0.25) is 5.82 Å². The van der Waals surface area contributed by atoms with Gasteiger partial charge >= 0.3 is 0 Å². The molecule has 0 aromatic carbocycles. The lowest BCUT2D eigenvalue weighted by molar-refractivity contribution is 1.11. The van der Waals surface area contributed by atoms with E-state index in [-0.39, 0.29) is 18.2 Å². The van der Waals surface area contributed by atoms with Crippen molar-refractivity contribution in [1.29, 1.82) is 5.26 Å². The van der Waals surface area contributed by atoms with Crippen molar-refractivity contribution in [2.24, 2.45) is 0 Å². The molecule has 0 aliphatic carbocycles. The molecule has 3 nitrogen and oxygen atoms in total. The maximum Gasteiger partial charge on any atom is 0.232 e. The lowest BCUT2D eigenvalue weighted by Crippen LogP contribution is -1.82. The predicted octanol–water partition coefficient (Wildman–Crippen LogP) is 0.770. The van der Waals surface area contributed by atoms with Gasteiger partial charge in [-0.3, -0.25) is 0 Å². The van der Waals surface area contributed by atoms with Crippen molar-refractivity contribution in [3.05, 3.63) is 24.3 Å². The van der Waals surface area contributed by atoms with Crippen LogP contribution in [-0.4, -0.2) is 9.97 Å². The third-order valence-corrected chi connectivity index (χ3v) is 0.666. The number of hydrogen-bond acceptors (Lipinski definition) is 3. The van der Waals surface area contributed by atoms with Gasteiger partial charge in [-0.05, 0) is 6.07 Å². The van der Waals surface area contributed by atoms with Gasteiger partial charge in [0, 0.05) is 12.4 Å². The first-order valence-corrected chi connectivity index (χ1v) is 2.10. The number of nitrogens with zero attached hydrogens (tertiary/aromatic N) is 3. The smallest absolute Gasteiger partial charge is 0.228 e. The van der Waals surface area contributed by atoms with Crippen molar-refractivity contribution >= 4 is 12.4 Å².